The molecule has 7 heteroatoms. The molecule has 0 saturated heterocycles. The predicted molar refractivity (Wildman–Crippen MR) is 129 cm³/mol. The first-order valence-electron chi connectivity index (χ1n) is 11.4. The second kappa shape index (κ2) is 10.8. The Balaban J connectivity index is 1.66. The van der Waals surface area contributed by atoms with E-state index in [0.29, 0.717) is 13.2 Å². The first-order valence-corrected chi connectivity index (χ1v) is 11.4. The molecule has 0 unspecified atom stereocenters. The minimum Gasteiger partial charge on any atom is -0.497 e. The fraction of sp³-hybridized carbons (Fsp3) is 0.346. The van der Waals surface area contributed by atoms with Gasteiger partial charge in [-0.2, -0.15) is 5.10 Å². The molecule has 172 valence electrons. The largest absolute Gasteiger partial charge is 0.497 e. The van der Waals surface area contributed by atoms with E-state index in [0.717, 1.165) is 60.1 Å². The molecule has 0 atom stereocenters. The number of aromatic nitrogens is 5. The van der Waals surface area contributed by atoms with Crippen LogP contribution in [0.1, 0.15) is 36.6 Å². The maximum absolute atomic E-state index is 6.22. The molecule has 2 aromatic heterocycles. The van der Waals surface area contributed by atoms with Crippen LogP contribution in [-0.2, 0) is 19.5 Å². The Hall–Kier alpha value is -3.61. The molecule has 0 bridgehead atoms. The summed E-state index contributed by atoms with van der Waals surface area (Å²) in [6.45, 7) is 6.18. The average Bonchev–Trinajstić information content (AvgIpc) is 3.42. The quantitative estimate of drug-likeness (QED) is 0.306. The van der Waals surface area contributed by atoms with Crippen LogP contribution in [-0.4, -0.2) is 38.3 Å². The molecule has 4 rings (SSSR count). The SMILES string of the molecule is CCCCOc1c(C)nn(CCc2ccccc2)c1-c1nncn1Cc1ccc(OC)cc1. The number of benzene rings is 2. The summed E-state index contributed by atoms with van der Waals surface area (Å²) in [6, 6.07) is 18.5. The van der Waals surface area contributed by atoms with Gasteiger partial charge in [0.05, 0.1) is 20.3 Å². The lowest BCUT2D eigenvalue weighted by atomic mass is 10.1. The summed E-state index contributed by atoms with van der Waals surface area (Å²) in [5, 5.41) is 13.5. The highest BCUT2D eigenvalue weighted by molar-refractivity contribution is 5.62. The molecule has 0 N–H and O–H groups in total. The normalized spacial score (nSPS) is 11.0. The fourth-order valence-electron chi connectivity index (χ4n) is 3.80. The van der Waals surface area contributed by atoms with E-state index in [2.05, 4.69) is 53.5 Å². The molecule has 0 fully saturated rings. The Bertz CT molecular complexity index is 1150. The summed E-state index contributed by atoms with van der Waals surface area (Å²) in [7, 11) is 1.67. The number of hydrogen-bond acceptors (Lipinski definition) is 5. The van der Waals surface area contributed by atoms with Gasteiger partial charge in [-0.1, -0.05) is 55.8 Å². The minimum absolute atomic E-state index is 0.643. The lowest BCUT2D eigenvalue weighted by molar-refractivity contribution is 0.308. The van der Waals surface area contributed by atoms with Gasteiger partial charge in [0, 0.05) is 6.54 Å². The van der Waals surface area contributed by atoms with Gasteiger partial charge in [0.1, 0.15) is 23.5 Å². The molecule has 0 aliphatic rings. The van der Waals surface area contributed by atoms with Crippen LogP contribution in [0.5, 0.6) is 11.5 Å². The topological polar surface area (TPSA) is 67.0 Å². The summed E-state index contributed by atoms with van der Waals surface area (Å²) in [4.78, 5) is 0. The number of unbranched alkanes of at least 4 members (excludes halogenated alkanes) is 1. The van der Waals surface area contributed by atoms with Crippen LogP contribution in [0.3, 0.4) is 0 Å². The minimum atomic E-state index is 0.643. The second-order valence-electron chi connectivity index (χ2n) is 8.05. The van der Waals surface area contributed by atoms with Crippen LogP contribution in [0.4, 0.5) is 0 Å². The van der Waals surface area contributed by atoms with Crippen molar-refractivity contribution in [2.75, 3.05) is 13.7 Å². The van der Waals surface area contributed by atoms with E-state index in [1.165, 1.54) is 5.56 Å². The third-order valence-corrected chi connectivity index (χ3v) is 5.61. The molecule has 33 heavy (non-hydrogen) atoms. The maximum atomic E-state index is 6.22. The lowest BCUT2D eigenvalue weighted by Crippen LogP contribution is -2.10. The van der Waals surface area contributed by atoms with Gasteiger partial charge in [0.25, 0.3) is 0 Å². The van der Waals surface area contributed by atoms with Crippen molar-refractivity contribution < 1.29 is 9.47 Å². The molecule has 0 aliphatic heterocycles. The van der Waals surface area contributed by atoms with E-state index in [4.69, 9.17) is 14.6 Å². The van der Waals surface area contributed by atoms with Crippen LogP contribution < -0.4 is 9.47 Å². The number of nitrogens with zero attached hydrogens (tertiary/aromatic N) is 5. The van der Waals surface area contributed by atoms with Crippen LogP contribution in [0.25, 0.3) is 11.5 Å². The first kappa shape index (κ1) is 22.6. The summed E-state index contributed by atoms with van der Waals surface area (Å²) in [5.74, 6) is 2.38. The molecule has 0 radical (unpaired) electrons. The van der Waals surface area contributed by atoms with Gasteiger partial charge in [-0.05, 0) is 43.0 Å². The Morgan fingerprint density at radius 2 is 1.76 bits per heavy atom. The third kappa shape index (κ3) is 5.42. The molecular weight excluding hydrogens is 414 g/mol. The molecule has 2 aromatic carbocycles. The number of aryl methyl sites for hydroxylation is 3. The summed E-state index contributed by atoms with van der Waals surface area (Å²) in [5.41, 5.74) is 4.15. The van der Waals surface area contributed by atoms with Crippen LogP contribution in [0.2, 0.25) is 0 Å². The smallest absolute Gasteiger partial charge is 0.186 e. The van der Waals surface area contributed by atoms with Gasteiger partial charge in [-0.3, -0.25) is 4.68 Å². The number of ether oxygens (including phenoxy) is 2. The van der Waals surface area contributed by atoms with Crippen molar-refractivity contribution in [2.45, 2.75) is 46.2 Å². The Kier molecular flexibility index (Phi) is 7.40. The zero-order valence-electron chi connectivity index (χ0n) is 19.6. The number of rotatable bonds is 11. The van der Waals surface area contributed by atoms with E-state index < -0.39 is 0 Å². The molecule has 4 aromatic rings. The van der Waals surface area contributed by atoms with Gasteiger partial charge in [0.2, 0.25) is 0 Å². The van der Waals surface area contributed by atoms with Crippen molar-refractivity contribution in [1.29, 1.82) is 0 Å². The van der Waals surface area contributed by atoms with Gasteiger partial charge in [-0.25, -0.2) is 0 Å². The van der Waals surface area contributed by atoms with Gasteiger partial charge < -0.3 is 14.0 Å². The third-order valence-electron chi connectivity index (χ3n) is 5.61. The molecular formula is C26H31N5O2. The van der Waals surface area contributed by atoms with E-state index in [9.17, 15) is 0 Å². The van der Waals surface area contributed by atoms with Crippen molar-refractivity contribution in [2.24, 2.45) is 0 Å². The number of methoxy groups -OCH3 is 1. The number of hydrogen-bond donors (Lipinski definition) is 0. The molecule has 0 amide bonds. The fourth-order valence-corrected chi connectivity index (χ4v) is 3.80. The maximum Gasteiger partial charge on any atom is 0.186 e. The van der Waals surface area contributed by atoms with Crippen molar-refractivity contribution >= 4 is 0 Å². The van der Waals surface area contributed by atoms with Crippen molar-refractivity contribution in [1.82, 2.24) is 24.5 Å². The predicted octanol–water partition coefficient (Wildman–Crippen LogP) is 4.93. The van der Waals surface area contributed by atoms with E-state index >= 15 is 0 Å². The summed E-state index contributed by atoms with van der Waals surface area (Å²) < 4.78 is 15.6. The van der Waals surface area contributed by atoms with Crippen LogP contribution >= 0.6 is 0 Å². The molecule has 7 nitrogen and oxygen atoms in total. The van der Waals surface area contributed by atoms with Gasteiger partial charge in [-0.15, -0.1) is 10.2 Å². The van der Waals surface area contributed by atoms with E-state index in [-0.39, 0.29) is 0 Å². The highest BCUT2D eigenvalue weighted by Gasteiger charge is 2.23. The van der Waals surface area contributed by atoms with E-state index in [1.54, 1.807) is 13.4 Å². The molecule has 0 saturated carbocycles. The Morgan fingerprint density at radius 3 is 2.48 bits per heavy atom. The van der Waals surface area contributed by atoms with Gasteiger partial charge in [0.15, 0.2) is 11.6 Å². The molecule has 0 spiro atoms. The lowest BCUT2D eigenvalue weighted by Gasteiger charge is -2.12. The average molecular weight is 446 g/mol. The van der Waals surface area contributed by atoms with E-state index in [1.807, 2.05) is 34.4 Å². The Morgan fingerprint density at radius 1 is 0.970 bits per heavy atom. The molecule has 0 aliphatic carbocycles. The summed E-state index contributed by atoms with van der Waals surface area (Å²) in [6.07, 6.45) is 4.70. The monoisotopic (exact) mass is 445 g/mol. The van der Waals surface area contributed by atoms with Crippen molar-refractivity contribution in [3.05, 3.63) is 77.7 Å². The van der Waals surface area contributed by atoms with Crippen LogP contribution in [0.15, 0.2) is 60.9 Å². The highest BCUT2D eigenvalue weighted by Crippen LogP contribution is 2.33. The zero-order valence-corrected chi connectivity index (χ0v) is 19.6. The molecule has 2 heterocycles. The second-order valence-corrected chi connectivity index (χ2v) is 8.05. The van der Waals surface area contributed by atoms with Gasteiger partial charge >= 0.3 is 0 Å². The van der Waals surface area contributed by atoms with Crippen molar-refractivity contribution in [3.8, 4) is 23.0 Å². The summed E-state index contributed by atoms with van der Waals surface area (Å²) >= 11 is 0. The zero-order chi connectivity index (χ0) is 23.0. The standard InChI is InChI=1S/C26H31N5O2/c1-4-5-17-33-25-20(2)29-31(16-15-21-9-7-6-8-10-21)24(25)26-28-27-19-30(26)18-22-11-13-23(32-3)14-12-22/h6-14,19H,4-5,15-18H2,1-3H3. The Labute approximate surface area is 195 Å². The highest BCUT2D eigenvalue weighted by atomic mass is 16.5. The van der Waals surface area contributed by atoms with Crippen LogP contribution in [0, 0.1) is 6.92 Å². The first-order chi connectivity index (χ1) is 16.2. The van der Waals surface area contributed by atoms with Crippen molar-refractivity contribution in [3.63, 3.8) is 0 Å².